The van der Waals surface area contributed by atoms with Gasteiger partial charge in [-0.25, -0.2) is 0 Å². The van der Waals surface area contributed by atoms with E-state index in [9.17, 15) is 4.79 Å². The summed E-state index contributed by atoms with van der Waals surface area (Å²) in [4.78, 5) is 11.2. The molecule has 0 fully saturated rings. The van der Waals surface area contributed by atoms with Gasteiger partial charge in [0.25, 0.3) is 0 Å². The molecular weight excluding hydrogens is 164 g/mol. The van der Waals surface area contributed by atoms with Crippen molar-refractivity contribution in [3.63, 3.8) is 0 Å². The summed E-state index contributed by atoms with van der Waals surface area (Å²) >= 11 is 5.69. The number of aromatic amines is 1. The number of carbonyl (C=O) groups is 1. The van der Waals surface area contributed by atoms with Crippen LogP contribution in [0.1, 0.15) is 28.9 Å². The Morgan fingerprint density at radius 2 is 2.27 bits per heavy atom. The Morgan fingerprint density at radius 3 is 3.00 bits per heavy atom. The summed E-state index contributed by atoms with van der Waals surface area (Å²) in [6, 6.07) is 0. The quantitative estimate of drug-likeness (QED) is 0.643. The molecule has 0 spiro atoms. The number of aromatic nitrogens is 2. The Hall–Kier alpha value is -0.830. The molecule has 0 aromatic carbocycles. The van der Waals surface area contributed by atoms with Gasteiger partial charge in [-0.2, -0.15) is 5.10 Å². The lowest BCUT2D eigenvalue weighted by Crippen LogP contribution is -2.09. The van der Waals surface area contributed by atoms with Gasteiger partial charge in [0.2, 0.25) is 0 Å². The van der Waals surface area contributed by atoms with Gasteiger partial charge in [0.05, 0.1) is 5.56 Å². The van der Waals surface area contributed by atoms with E-state index in [1.807, 2.05) is 0 Å². The number of hydrogen-bond acceptors (Lipinski definition) is 2. The second kappa shape index (κ2) is 2.34. The molecule has 4 heteroatoms. The third-order valence-corrected chi connectivity index (χ3v) is 2.18. The van der Waals surface area contributed by atoms with E-state index in [0.717, 1.165) is 18.5 Å². The van der Waals surface area contributed by atoms with Crippen LogP contribution in [0.2, 0.25) is 5.15 Å². The molecule has 0 radical (unpaired) electrons. The van der Waals surface area contributed by atoms with Crippen LogP contribution in [0.4, 0.5) is 0 Å². The minimum atomic E-state index is 0.116. The largest absolute Gasteiger partial charge is 0.294 e. The van der Waals surface area contributed by atoms with Gasteiger partial charge in [-0.1, -0.05) is 11.6 Å². The molecule has 3 nitrogen and oxygen atoms in total. The number of ketones is 1. The number of rotatable bonds is 0. The highest BCUT2D eigenvalue weighted by Gasteiger charge is 2.22. The number of H-pyrrole nitrogens is 1. The minimum absolute atomic E-state index is 0.116. The Balaban J connectivity index is 2.56. The van der Waals surface area contributed by atoms with E-state index in [0.29, 0.717) is 17.1 Å². The lowest BCUT2D eigenvalue weighted by molar-refractivity contribution is 0.0972. The summed E-state index contributed by atoms with van der Waals surface area (Å²) in [5.41, 5.74) is 1.50. The van der Waals surface area contributed by atoms with Crippen molar-refractivity contribution < 1.29 is 4.79 Å². The molecule has 0 bridgehead atoms. The molecule has 0 amide bonds. The van der Waals surface area contributed by atoms with Gasteiger partial charge in [-0.3, -0.25) is 9.89 Å². The van der Waals surface area contributed by atoms with Crippen LogP contribution in [0, 0.1) is 0 Å². The highest BCUT2D eigenvalue weighted by Crippen LogP contribution is 2.24. The molecule has 0 saturated carbocycles. The van der Waals surface area contributed by atoms with E-state index < -0.39 is 0 Å². The summed E-state index contributed by atoms with van der Waals surface area (Å²) in [7, 11) is 0. The fraction of sp³-hybridized carbons (Fsp3) is 0.429. The molecule has 1 aromatic heterocycles. The highest BCUT2D eigenvalue weighted by molar-refractivity contribution is 6.33. The van der Waals surface area contributed by atoms with Crippen molar-refractivity contribution in [1.29, 1.82) is 0 Å². The van der Waals surface area contributed by atoms with Gasteiger partial charge in [-0.05, 0) is 12.8 Å². The predicted molar refractivity (Wildman–Crippen MR) is 40.9 cm³/mol. The summed E-state index contributed by atoms with van der Waals surface area (Å²) in [6.07, 6.45) is 2.40. The number of Topliss-reactive ketones (excluding diaryl/α,β-unsaturated/α-hetero) is 1. The zero-order valence-corrected chi connectivity index (χ0v) is 6.61. The second-order valence-electron chi connectivity index (χ2n) is 2.64. The monoisotopic (exact) mass is 170 g/mol. The number of halogens is 1. The Kier molecular flexibility index (Phi) is 1.46. The van der Waals surface area contributed by atoms with Crippen LogP contribution in [0.3, 0.4) is 0 Å². The Morgan fingerprint density at radius 1 is 1.45 bits per heavy atom. The van der Waals surface area contributed by atoms with Crippen molar-refractivity contribution in [3.8, 4) is 0 Å². The number of hydrogen-bond donors (Lipinski definition) is 1. The maximum Gasteiger partial charge on any atom is 0.167 e. The molecule has 58 valence electrons. The Labute approximate surface area is 68.7 Å². The first-order valence-electron chi connectivity index (χ1n) is 3.55. The van der Waals surface area contributed by atoms with Crippen LogP contribution < -0.4 is 0 Å². The van der Waals surface area contributed by atoms with Gasteiger partial charge in [0.15, 0.2) is 10.9 Å². The minimum Gasteiger partial charge on any atom is -0.294 e. The maximum absolute atomic E-state index is 11.2. The molecule has 1 aromatic rings. The van der Waals surface area contributed by atoms with Crippen LogP contribution in [0.25, 0.3) is 0 Å². The first-order valence-corrected chi connectivity index (χ1v) is 3.93. The third-order valence-electron chi connectivity index (χ3n) is 1.91. The zero-order chi connectivity index (χ0) is 7.84. The SMILES string of the molecule is O=C1CCCc2[nH]nc(Cl)c21. The number of nitrogens with zero attached hydrogens (tertiary/aromatic N) is 1. The smallest absolute Gasteiger partial charge is 0.167 e. The molecule has 1 aliphatic rings. The van der Waals surface area contributed by atoms with Crippen molar-refractivity contribution >= 4 is 17.4 Å². The standard InChI is InChI=1S/C7H7ClN2O/c8-7-6-4(9-10-7)2-1-3-5(6)11/h1-3H2,(H,9,10). The molecule has 0 aliphatic heterocycles. The van der Waals surface area contributed by atoms with Crippen LogP contribution in [0.15, 0.2) is 0 Å². The summed E-state index contributed by atoms with van der Waals surface area (Å²) in [5.74, 6) is 0.116. The van der Waals surface area contributed by atoms with E-state index in [1.165, 1.54) is 0 Å². The fourth-order valence-corrected chi connectivity index (χ4v) is 1.63. The molecule has 0 saturated heterocycles. The predicted octanol–water partition coefficient (Wildman–Crippen LogP) is 1.58. The van der Waals surface area contributed by atoms with Crippen LogP contribution >= 0.6 is 11.6 Å². The summed E-state index contributed by atoms with van der Waals surface area (Å²) < 4.78 is 0. The Bertz CT molecular complexity index is 305. The van der Waals surface area contributed by atoms with E-state index in [4.69, 9.17) is 11.6 Å². The molecule has 1 heterocycles. The summed E-state index contributed by atoms with van der Waals surface area (Å²) in [6.45, 7) is 0. The van der Waals surface area contributed by atoms with Crippen molar-refractivity contribution in [2.75, 3.05) is 0 Å². The van der Waals surface area contributed by atoms with E-state index >= 15 is 0 Å². The van der Waals surface area contributed by atoms with Gasteiger partial charge in [0, 0.05) is 12.1 Å². The fourth-order valence-electron chi connectivity index (χ4n) is 1.37. The van der Waals surface area contributed by atoms with Crippen molar-refractivity contribution in [1.82, 2.24) is 10.2 Å². The molecule has 1 N–H and O–H groups in total. The van der Waals surface area contributed by atoms with Gasteiger partial charge in [0.1, 0.15) is 0 Å². The van der Waals surface area contributed by atoms with E-state index in [2.05, 4.69) is 10.2 Å². The lowest BCUT2D eigenvalue weighted by Gasteiger charge is -2.07. The molecule has 2 rings (SSSR count). The lowest BCUT2D eigenvalue weighted by atomic mass is 9.97. The second-order valence-corrected chi connectivity index (χ2v) is 3.00. The van der Waals surface area contributed by atoms with Crippen molar-refractivity contribution in [2.24, 2.45) is 0 Å². The highest BCUT2D eigenvalue weighted by atomic mass is 35.5. The van der Waals surface area contributed by atoms with Crippen LogP contribution in [-0.4, -0.2) is 16.0 Å². The summed E-state index contributed by atoms with van der Waals surface area (Å²) in [5, 5.41) is 6.85. The number of nitrogens with one attached hydrogen (secondary N) is 1. The van der Waals surface area contributed by atoms with Crippen molar-refractivity contribution in [2.45, 2.75) is 19.3 Å². The van der Waals surface area contributed by atoms with E-state index in [-0.39, 0.29) is 5.78 Å². The molecule has 11 heavy (non-hydrogen) atoms. The number of fused-ring (bicyclic) bond motifs is 1. The number of carbonyl (C=O) groups excluding carboxylic acids is 1. The zero-order valence-electron chi connectivity index (χ0n) is 5.85. The first-order chi connectivity index (χ1) is 5.29. The van der Waals surface area contributed by atoms with Gasteiger partial charge in [-0.15, -0.1) is 0 Å². The third kappa shape index (κ3) is 0.959. The number of aryl methyl sites for hydroxylation is 1. The average molecular weight is 171 g/mol. The molecular formula is C7H7ClN2O. The normalized spacial score (nSPS) is 16.6. The van der Waals surface area contributed by atoms with Gasteiger partial charge >= 0.3 is 0 Å². The van der Waals surface area contributed by atoms with Gasteiger partial charge < -0.3 is 0 Å². The molecule has 0 atom stereocenters. The average Bonchev–Trinajstić information content (AvgIpc) is 2.34. The van der Waals surface area contributed by atoms with E-state index in [1.54, 1.807) is 0 Å². The molecule has 0 unspecified atom stereocenters. The van der Waals surface area contributed by atoms with Crippen molar-refractivity contribution in [3.05, 3.63) is 16.4 Å². The molecule has 1 aliphatic carbocycles. The van der Waals surface area contributed by atoms with Crippen LogP contribution in [0.5, 0.6) is 0 Å². The maximum atomic E-state index is 11.2. The first kappa shape index (κ1) is 6.85. The topological polar surface area (TPSA) is 45.8 Å². The van der Waals surface area contributed by atoms with Crippen LogP contribution in [-0.2, 0) is 6.42 Å².